The number of fused-ring (bicyclic) bond motifs is 2. The number of hydrogen-bond donors (Lipinski definition) is 2. The number of carbonyl (C=O) groups is 1. The molecular formula is C25H34ClIN2O4S. The van der Waals surface area contributed by atoms with Crippen LogP contribution >= 0.6 is 35.0 Å². The average molecular weight is 621 g/mol. The van der Waals surface area contributed by atoms with Gasteiger partial charge in [-0.25, -0.2) is 8.42 Å². The first kappa shape index (κ1) is 28.9. The smallest absolute Gasteiger partial charge is 0.303 e. The topological polar surface area (TPSA) is 86.7 Å². The highest BCUT2D eigenvalue weighted by Gasteiger charge is 2.34. The van der Waals surface area contributed by atoms with Crippen LogP contribution in [0.25, 0.3) is 0 Å². The Morgan fingerprint density at radius 1 is 0.971 bits per heavy atom. The molecule has 188 valence electrons. The molecule has 2 N–H and O–H groups in total. The molecular weight excluding hydrogens is 587 g/mol. The molecule has 1 unspecified atom stereocenters. The van der Waals surface area contributed by atoms with Crippen LogP contribution in [0, 0.1) is 3.57 Å². The molecule has 1 atom stereocenters. The molecule has 0 saturated carbocycles. The predicted molar refractivity (Wildman–Crippen MR) is 147 cm³/mol. The van der Waals surface area contributed by atoms with Crippen molar-refractivity contribution in [2.75, 3.05) is 17.9 Å². The summed E-state index contributed by atoms with van der Waals surface area (Å²) >= 11 is 2.16. The van der Waals surface area contributed by atoms with Gasteiger partial charge in [0.25, 0.3) is 10.0 Å². The zero-order valence-electron chi connectivity index (χ0n) is 19.5. The molecule has 6 nitrogen and oxygen atoms in total. The van der Waals surface area contributed by atoms with Gasteiger partial charge in [-0.05, 0) is 71.3 Å². The van der Waals surface area contributed by atoms with Crippen molar-refractivity contribution in [1.82, 2.24) is 5.32 Å². The van der Waals surface area contributed by atoms with Crippen LogP contribution in [0.2, 0.25) is 0 Å². The van der Waals surface area contributed by atoms with E-state index in [4.69, 9.17) is 5.11 Å². The van der Waals surface area contributed by atoms with Crippen LogP contribution in [-0.4, -0.2) is 33.1 Å². The fraction of sp³-hybridized carbons (Fsp3) is 0.480. The van der Waals surface area contributed by atoms with Crippen LogP contribution in [0.1, 0.15) is 75.0 Å². The van der Waals surface area contributed by atoms with Crippen LogP contribution < -0.4 is 9.62 Å². The normalized spacial score (nSPS) is 16.2. The van der Waals surface area contributed by atoms with Crippen molar-refractivity contribution in [3.8, 4) is 0 Å². The van der Waals surface area contributed by atoms with Crippen molar-refractivity contribution in [1.29, 1.82) is 0 Å². The van der Waals surface area contributed by atoms with Gasteiger partial charge < -0.3 is 10.4 Å². The summed E-state index contributed by atoms with van der Waals surface area (Å²) in [6, 6.07) is 13.2. The van der Waals surface area contributed by atoms with Gasteiger partial charge in [0.15, 0.2) is 0 Å². The summed E-state index contributed by atoms with van der Waals surface area (Å²) in [7, 11) is -2.00. The van der Waals surface area contributed by atoms with Gasteiger partial charge in [-0.1, -0.05) is 62.8 Å². The van der Waals surface area contributed by atoms with E-state index < -0.39 is 16.0 Å². The summed E-state index contributed by atoms with van der Waals surface area (Å²) < 4.78 is 28.9. The van der Waals surface area contributed by atoms with Crippen LogP contribution in [0.15, 0.2) is 47.4 Å². The van der Waals surface area contributed by atoms with Gasteiger partial charge in [0.05, 0.1) is 16.6 Å². The van der Waals surface area contributed by atoms with E-state index in [2.05, 4.69) is 27.9 Å². The Bertz CT molecular complexity index is 1060. The molecule has 9 heteroatoms. The molecule has 2 aromatic carbocycles. The fourth-order valence-corrected chi connectivity index (χ4v) is 6.54. The molecule has 0 amide bonds. The first-order chi connectivity index (χ1) is 15.8. The van der Waals surface area contributed by atoms with Crippen LogP contribution in [-0.2, 0) is 14.8 Å². The number of halogens is 2. The molecule has 1 aliphatic heterocycles. The Morgan fingerprint density at radius 3 is 2.26 bits per heavy atom. The molecule has 3 rings (SSSR count). The van der Waals surface area contributed by atoms with Crippen molar-refractivity contribution in [2.24, 2.45) is 0 Å². The number of benzene rings is 2. The van der Waals surface area contributed by atoms with E-state index in [-0.39, 0.29) is 24.9 Å². The molecule has 1 aliphatic rings. The van der Waals surface area contributed by atoms with E-state index in [0.717, 1.165) is 66.2 Å². The second kappa shape index (κ2) is 13.7. The second-order valence-electron chi connectivity index (χ2n) is 8.57. The quantitative estimate of drug-likeness (QED) is 0.220. The van der Waals surface area contributed by atoms with E-state index in [1.165, 1.54) is 10.7 Å². The molecule has 0 saturated heterocycles. The molecule has 0 aliphatic carbocycles. The SMILES string of the molecule is CN1c2ccccc2C(NCCCCCCCCCCC(=O)O)c2ccc(I)cc2S1(=O)=O.Cl. The molecule has 0 spiro atoms. The Balaban J connectivity index is 0.00000408. The molecule has 1 heterocycles. The number of carboxylic acids is 1. The number of hydrogen-bond acceptors (Lipinski definition) is 4. The maximum Gasteiger partial charge on any atom is 0.303 e. The number of unbranched alkanes of at least 4 members (excludes halogenated alkanes) is 7. The van der Waals surface area contributed by atoms with Gasteiger partial charge in [-0.2, -0.15) is 0 Å². The maximum absolute atomic E-state index is 13.3. The van der Waals surface area contributed by atoms with Crippen molar-refractivity contribution in [2.45, 2.75) is 68.7 Å². The monoisotopic (exact) mass is 620 g/mol. The van der Waals surface area contributed by atoms with Gasteiger partial charge in [-0.15, -0.1) is 12.4 Å². The fourth-order valence-electron chi connectivity index (χ4n) is 4.36. The molecule has 0 fully saturated rings. The number of anilines is 1. The zero-order valence-corrected chi connectivity index (χ0v) is 23.3. The Kier molecular flexibility index (Phi) is 11.6. The largest absolute Gasteiger partial charge is 0.481 e. The number of carboxylic acid groups (broad SMARTS) is 1. The molecule has 0 bridgehead atoms. The van der Waals surface area contributed by atoms with Gasteiger partial charge in [0, 0.05) is 17.0 Å². The number of rotatable bonds is 12. The minimum Gasteiger partial charge on any atom is -0.481 e. The average Bonchev–Trinajstić information content (AvgIpc) is 2.85. The van der Waals surface area contributed by atoms with Crippen molar-refractivity contribution in [3.05, 3.63) is 57.2 Å². The molecule has 34 heavy (non-hydrogen) atoms. The number of nitrogens with zero attached hydrogens (tertiary/aromatic N) is 1. The lowest BCUT2D eigenvalue weighted by atomic mass is 9.96. The Hall–Kier alpha value is -1.36. The minimum atomic E-state index is -3.63. The predicted octanol–water partition coefficient (Wildman–Crippen LogP) is 6.13. The summed E-state index contributed by atoms with van der Waals surface area (Å²) in [6.45, 7) is 0.812. The second-order valence-corrected chi connectivity index (χ2v) is 11.8. The highest BCUT2D eigenvalue weighted by Crippen LogP contribution is 2.40. The highest BCUT2D eigenvalue weighted by atomic mass is 127. The van der Waals surface area contributed by atoms with Gasteiger partial charge in [0.2, 0.25) is 0 Å². The Morgan fingerprint density at radius 2 is 1.59 bits per heavy atom. The van der Waals surface area contributed by atoms with E-state index in [0.29, 0.717) is 10.6 Å². The first-order valence-electron chi connectivity index (χ1n) is 11.6. The maximum atomic E-state index is 13.3. The first-order valence-corrected chi connectivity index (χ1v) is 14.2. The number of aliphatic carboxylic acids is 1. The van der Waals surface area contributed by atoms with Gasteiger partial charge in [-0.3, -0.25) is 9.10 Å². The van der Waals surface area contributed by atoms with E-state index >= 15 is 0 Å². The molecule has 0 radical (unpaired) electrons. The van der Waals surface area contributed by atoms with Crippen LogP contribution in [0.3, 0.4) is 0 Å². The Labute approximate surface area is 223 Å². The zero-order chi connectivity index (χ0) is 23.8. The lowest BCUT2D eigenvalue weighted by molar-refractivity contribution is -0.137. The third kappa shape index (κ3) is 7.32. The third-order valence-corrected chi connectivity index (χ3v) is 8.68. The lowest BCUT2D eigenvalue weighted by Crippen LogP contribution is -2.26. The van der Waals surface area contributed by atoms with Crippen molar-refractivity contribution in [3.63, 3.8) is 0 Å². The van der Waals surface area contributed by atoms with Gasteiger partial charge in [0.1, 0.15) is 0 Å². The summed E-state index contributed by atoms with van der Waals surface area (Å²) in [5.74, 6) is -0.708. The minimum absolute atomic E-state index is 0. The highest BCUT2D eigenvalue weighted by molar-refractivity contribution is 14.1. The standard InChI is InChI=1S/C25H33IN2O4S.ClH/c1-28-22-13-10-9-12-20(22)25(21-16-15-19(26)18-23(21)33(28,31)32)27-17-11-7-5-3-2-4-6-8-14-24(29)30;/h9-10,12-13,15-16,18,25,27H,2-8,11,14,17H2,1H3,(H,29,30);1H. The summed E-state index contributed by atoms with van der Waals surface area (Å²) in [6.07, 6.45) is 8.76. The molecule has 0 aromatic heterocycles. The third-order valence-electron chi connectivity index (χ3n) is 6.18. The van der Waals surface area contributed by atoms with E-state index in [1.54, 1.807) is 13.1 Å². The lowest BCUT2D eigenvalue weighted by Gasteiger charge is -2.22. The van der Waals surface area contributed by atoms with Crippen molar-refractivity contribution < 1.29 is 18.3 Å². The number of para-hydroxylation sites is 1. The van der Waals surface area contributed by atoms with E-state index in [9.17, 15) is 13.2 Å². The van der Waals surface area contributed by atoms with Crippen LogP contribution in [0.4, 0.5) is 5.69 Å². The summed E-state index contributed by atoms with van der Waals surface area (Å²) in [5, 5.41) is 12.3. The van der Waals surface area contributed by atoms with E-state index in [1.807, 2.05) is 36.4 Å². The van der Waals surface area contributed by atoms with Crippen molar-refractivity contribution >= 4 is 56.7 Å². The summed E-state index contributed by atoms with van der Waals surface area (Å²) in [5.41, 5.74) is 2.49. The summed E-state index contributed by atoms with van der Waals surface area (Å²) in [4.78, 5) is 10.9. The number of nitrogens with one attached hydrogen (secondary N) is 1. The number of sulfonamides is 1. The van der Waals surface area contributed by atoms with Gasteiger partial charge >= 0.3 is 5.97 Å². The molecule has 2 aromatic rings. The van der Waals surface area contributed by atoms with Crippen LogP contribution in [0.5, 0.6) is 0 Å².